The molecule has 0 amide bonds. The zero-order chi connectivity index (χ0) is 13.0. The lowest BCUT2D eigenvalue weighted by molar-refractivity contribution is 0.476. The second kappa shape index (κ2) is 6.03. The largest absolute Gasteiger partial charge is 0.457 e. The molecule has 0 saturated carbocycles. The van der Waals surface area contributed by atoms with E-state index in [1.54, 1.807) is 0 Å². The third-order valence-electron chi connectivity index (χ3n) is 2.80. The van der Waals surface area contributed by atoms with E-state index in [9.17, 15) is 0 Å². The molecule has 18 heavy (non-hydrogen) atoms. The van der Waals surface area contributed by atoms with Gasteiger partial charge in [0.15, 0.2) is 0 Å². The molecule has 0 radical (unpaired) electrons. The van der Waals surface area contributed by atoms with Crippen LogP contribution in [0.2, 0.25) is 0 Å². The monoisotopic (exact) mass is 305 g/mol. The maximum atomic E-state index is 5.85. The van der Waals surface area contributed by atoms with E-state index in [1.165, 1.54) is 5.56 Å². The van der Waals surface area contributed by atoms with Gasteiger partial charge in [0.25, 0.3) is 0 Å². The number of hydrogen-bond donors (Lipinski definition) is 1. The van der Waals surface area contributed by atoms with E-state index < -0.39 is 0 Å². The summed E-state index contributed by atoms with van der Waals surface area (Å²) in [6.07, 6.45) is 1.03. The van der Waals surface area contributed by atoms with Crippen LogP contribution in [0, 0.1) is 0 Å². The van der Waals surface area contributed by atoms with Gasteiger partial charge >= 0.3 is 0 Å². The van der Waals surface area contributed by atoms with E-state index in [2.05, 4.69) is 35.0 Å². The van der Waals surface area contributed by atoms with Crippen molar-refractivity contribution < 1.29 is 4.74 Å². The molecule has 0 aliphatic heterocycles. The van der Waals surface area contributed by atoms with Gasteiger partial charge in [-0.15, -0.1) is 0 Å². The molecule has 94 valence electrons. The Morgan fingerprint density at radius 3 is 2.44 bits per heavy atom. The summed E-state index contributed by atoms with van der Waals surface area (Å²) in [4.78, 5) is 0. The Morgan fingerprint density at radius 2 is 1.83 bits per heavy atom. The maximum absolute atomic E-state index is 5.85. The van der Waals surface area contributed by atoms with Crippen molar-refractivity contribution >= 4 is 15.9 Å². The molecule has 2 N–H and O–H groups in total. The van der Waals surface area contributed by atoms with Crippen molar-refractivity contribution in [2.24, 2.45) is 5.73 Å². The Morgan fingerprint density at radius 1 is 1.11 bits per heavy atom. The third-order valence-corrected chi connectivity index (χ3v) is 3.30. The normalized spacial score (nSPS) is 10.4. The Bertz CT molecular complexity index is 523. The molecular formula is C15H16BrNO. The highest BCUT2D eigenvalue weighted by atomic mass is 79.9. The zero-order valence-corrected chi connectivity index (χ0v) is 11.9. The van der Waals surface area contributed by atoms with Crippen molar-refractivity contribution in [3.8, 4) is 11.5 Å². The molecule has 2 rings (SSSR count). The van der Waals surface area contributed by atoms with Crippen LogP contribution in [-0.4, -0.2) is 0 Å². The molecule has 2 aromatic carbocycles. The summed E-state index contributed by atoms with van der Waals surface area (Å²) in [6, 6.07) is 14.0. The van der Waals surface area contributed by atoms with E-state index in [4.69, 9.17) is 10.5 Å². The molecule has 0 spiro atoms. The van der Waals surface area contributed by atoms with Gasteiger partial charge in [0.05, 0.1) is 0 Å². The first kappa shape index (κ1) is 13.1. The van der Waals surface area contributed by atoms with E-state index in [1.807, 2.05) is 30.3 Å². The van der Waals surface area contributed by atoms with Crippen LogP contribution < -0.4 is 10.5 Å². The van der Waals surface area contributed by atoms with Gasteiger partial charge in [0.1, 0.15) is 11.5 Å². The molecular weight excluding hydrogens is 290 g/mol. The van der Waals surface area contributed by atoms with Crippen molar-refractivity contribution in [3.63, 3.8) is 0 Å². The first-order valence-electron chi connectivity index (χ1n) is 5.98. The van der Waals surface area contributed by atoms with Crippen LogP contribution in [0.5, 0.6) is 11.5 Å². The highest BCUT2D eigenvalue weighted by molar-refractivity contribution is 9.10. The Balaban J connectivity index is 2.22. The molecule has 2 nitrogen and oxygen atoms in total. The smallest absolute Gasteiger partial charge is 0.131 e. The number of hydrogen-bond acceptors (Lipinski definition) is 2. The van der Waals surface area contributed by atoms with Gasteiger partial charge in [0.2, 0.25) is 0 Å². The first-order valence-corrected chi connectivity index (χ1v) is 6.77. The first-order chi connectivity index (χ1) is 8.72. The maximum Gasteiger partial charge on any atom is 0.131 e. The molecule has 0 aliphatic carbocycles. The topological polar surface area (TPSA) is 35.2 Å². The van der Waals surface area contributed by atoms with Crippen molar-refractivity contribution in [1.29, 1.82) is 0 Å². The van der Waals surface area contributed by atoms with Crippen molar-refractivity contribution in [3.05, 3.63) is 58.1 Å². The molecule has 0 aromatic heterocycles. The van der Waals surface area contributed by atoms with Gasteiger partial charge in [-0.2, -0.15) is 0 Å². The van der Waals surface area contributed by atoms with Gasteiger partial charge in [-0.1, -0.05) is 35.0 Å². The molecule has 0 fully saturated rings. The Kier molecular flexibility index (Phi) is 4.39. The summed E-state index contributed by atoms with van der Waals surface area (Å²) >= 11 is 3.43. The number of rotatable bonds is 4. The van der Waals surface area contributed by atoms with Gasteiger partial charge in [-0.05, 0) is 42.3 Å². The van der Waals surface area contributed by atoms with E-state index in [0.717, 1.165) is 28.0 Å². The summed E-state index contributed by atoms with van der Waals surface area (Å²) < 4.78 is 6.86. The predicted molar refractivity (Wildman–Crippen MR) is 77.9 cm³/mol. The molecule has 2 aromatic rings. The van der Waals surface area contributed by atoms with Gasteiger partial charge < -0.3 is 10.5 Å². The van der Waals surface area contributed by atoms with E-state index in [-0.39, 0.29) is 0 Å². The van der Waals surface area contributed by atoms with Crippen LogP contribution in [0.3, 0.4) is 0 Å². The van der Waals surface area contributed by atoms with Gasteiger partial charge in [-0.3, -0.25) is 0 Å². The fourth-order valence-corrected chi connectivity index (χ4v) is 2.14. The molecule has 3 heteroatoms. The molecule has 0 atom stereocenters. The Labute approximate surface area is 116 Å². The average molecular weight is 306 g/mol. The lowest BCUT2D eigenvalue weighted by atomic mass is 10.1. The lowest BCUT2D eigenvalue weighted by Gasteiger charge is -2.10. The third kappa shape index (κ3) is 3.12. The second-order valence-electron chi connectivity index (χ2n) is 4.06. The van der Waals surface area contributed by atoms with Crippen molar-refractivity contribution in [2.75, 3.05) is 0 Å². The summed E-state index contributed by atoms with van der Waals surface area (Å²) in [5.74, 6) is 1.65. The standard InChI is InChI=1S/C15H16BrNO/c1-2-11-3-6-14(7-4-11)18-15-8-5-13(16)9-12(15)10-17/h3-9H,2,10,17H2,1H3. The highest BCUT2D eigenvalue weighted by Crippen LogP contribution is 2.28. The SMILES string of the molecule is CCc1ccc(Oc2ccc(Br)cc2CN)cc1. The minimum Gasteiger partial charge on any atom is -0.457 e. The van der Waals surface area contributed by atoms with Gasteiger partial charge in [0, 0.05) is 16.6 Å². The highest BCUT2D eigenvalue weighted by Gasteiger charge is 2.04. The van der Waals surface area contributed by atoms with Crippen LogP contribution >= 0.6 is 15.9 Å². The lowest BCUT2D eigenvalue weighted by Crippen LogP contribution is -1.99. The summed E-state index contributed by atoms with van der Waals surface area (Å²) in [7, 11) is 0. The molecule has 0 unspecified atom stereocenters. The van der Waals surface area contributed by atoms with Crippen LogP contribution in [-0.2, 0) is 13.0 Å². The van der Waals surface area contributed by atoms with Crippen LogP contribution in [0.1, 0.15) is 18.1 Å². The predicted octanol–water partition coefficient (Wildman–Crippen LogP) is 4.26. The summed E-state index contributed by atoms with van der Waals surface area (Å²) in [6.45, 7) is 2.60. The van der Waals surface area contributed by atoms with Crippen molar-refractivity contribution in [2.45, 2.75) is 19.9 Å². The number of ether oxygens (including phenoxy) is 1. The van der Waals surface area contributed by atoms with E-state index >= 15 is 0 Å². The Hall–Kier alpha value is -1.32. The van der Waals surface area contributed by atoms with Crippen molar-refractivity contribution in [1.82, 2.24) is 0 Å². The van der Waals surface area contributed by atoms with Crippen LogP contribution in [0.4, 0.5) is 0 Å². The quantitative estimate of drug-likeness (QED) is 0.916. The molecule has 0 aliphatic rings. The molecule has 0 saturated heterocycles. The number of aryl methyl sites for hydroxylation is 1. The minimum absolute atomic E-state index is 0.460. The summed E-state index contributed by atoms with van der Waals surface area (Å²) in [5, 5.41) is 0. The average Bonchev–Trinajstić information content (AvgIpc) is 2.41. The number of benzene rings is 2. The van der Waals surface area contributed by atoms with Crippen LogP contribution in [0.25, 0.3) is 0 Å². The second-order valence-corrected chi connectivity index (χ2v) is 4.97. The summed E-state index contributed by atoms with van der Waals surface area (Å²) in [5.41, 5.74) is 8.01. The van der Waals surface area contributed by atoms with Crippen LogP contribution in [0.15, 0.2) is 46.9 Å². The van der Waals surface area contributed by atoms with E-state index in [0.29, 0.717) is 6.54 Å². The molecule has 0 bridgehead atoms. The molecule has 0 heterocycles. The number of halogens is 1. The fraction of sp³-hybridized carbons (Fsp3) is 0.200. The fourth-order valence-electron chi connectivity index (χ4n) is 1.73. The number of nitrogens with two attached hydrogens (primary N) is 1. The van der Waals surface area contributed by atoms with Gasteiger partial charge in [-0.25, -0.2) is 0 Å². The zero-order valence-electron chi connectivity index (χ0n) is 10.3. The minimum atomic E-state index is 0.460.